The third-order valence-electron chi connectivity index (χ3n) is 3.40. The van der Waals surface area contributed by atoms with Crippen LogP contribution in [0.3, 0.4) is 0 Å². The van der Waals surface area contributed by atoms with Gasteiger partial charge in [-0.2, -0.15) is 0 Å². The molecule has 1 aromatic carbocycles. The summed E-state index contributed by atoms with van der Waals surface area (Å²) in [5.74, 6) is 0.173. The number of carbonyl (C=O) groups excluding carboxylic acids is 1. The molecule has 0 saturated carbocycles. The Morgan fingerprint density at radius 3 is 3.11 bits per heavy atom. The highest BCUT2D eigenvalue weighted by Gasteiger charge is 2.17. The fraction of sp³-hybridized carbons (Fsp3) is 0.533. The fourth-order valence-electron chi connectivity index (χ4n) is 2.52. The van der Waals surface area contributed by atoms with Crippen LogP contribution < -0.4 is 4.90 Å². The second kappa shape index (κ2) is 6.45. The SMILES string of the molecule is CCOC(=O)CCCN1CCCc2ccc(O)cc21. The zero-order chi connectivity index (χ0) is 13.7. The van der Waals surface area contributed by atoms with Gasteiger partial charge in [0.15, 0.2) is 0 Å². The van der Waals surface area contributed by atoms with Crippen LogP contribution in [0.15, 0.2) is 18.2 Å². The van der Waals surface area contributed by atoms with Crippen LogP contribution in [-0.4, -0.2) is 30.8 Å². The Morgan fingerprint density at radius 2 is 2.32 bits per heavy atom. The molecule has 0 unspecified atom stereocenters. The summed E-state index contributed by atoms with van der Waals surface area (Å²) in [5.41, 5.74) is 2.38. The van der Waals surface area contributed by atoms with E-state index < -0.39 is 0 Å². The van der Waals surface area contributed by atoms with Crippen molar-refractivity contribution in [3.05, 3.63) is 23.8 Å². The number of anilines is 1. The zero-order valence-corrected chi connectivity index (χ0v) is 11.4. The normalized spacial score (nSPS) is 14.1. The first kappa shape index (κ1) is 13.7. The molecule has 0 spiro atoms. The highest BCUT2D eigenvalue weighted by atomic mass is 16.5. The van der Waals surface area contributed by atoms with Crippen LogP contribution in [0.1, 0.15) is 31.7 Å². The average Bonchev–Trinajstić information content (AvgIpc) is 2.39. The van der Waals surface area contributed by atoms with Crippen molar-refractivity contribution in [3.63, 3.8) is 0 Å². The minimum absolute atomic E-state index is 0.129. The molecule has 104 valence electrons. The van der Waals surface area contributed by atoms with Crippen LogP contribution in [0.2, 0.25) is 0 Å². The van der Waals surface area contributed by atoms with E-state index in [0.717, 1.165) is 38.0 Å². The Kier molecular flexibility index (Phi) is 4.66. The smallest absolute Gasteiger partial charge is 0.305 e. The van der Waals surface area contributed by atoms with E-state index in [9.17, 15) is 9.90 Å². The van der Waals surface area contributed by atoms with E-state index in [4.69, 9.17) is 4.74 Å². The van der Waals surface area contributed by atoms with Gasteiger partial charge in [0, 0.05) is 31.3 Å². The number of hydrogen-bond acceptors (Lipinski definition) is 4. The standard InChI is InChI=1S/C15H21NO3/c1-2-19-15(18)6-4-10-16-9-3-5-12-7-8-13(17)11-14(12)16/h7-8,11,17H,2-6,9-10H2,1H3. The third kappa shape index (κ3) is 3.63. The van der Waals surface area contributed by atoms with Gasteiger partial charge in [-0.1, -0.05) is 6.07 Å². The van der Waals surface area contributed by atoms with E-state index in [1.165, 1.54) is 5.56 Å². The number of aromatic hydroxyl groups is 1. The van der Waals surface area contributed by atoms with Gasteiger partial charge in [-0.3, -0.25) is 4.79 Å². The van der Waals surface area contributed by atoms with Crippen molar-refractivity contribution in [2.24, 2.45) is 0 Å². The highest BCUT2D eigenvalue weighted by Crippen LogP contribution is 2.30. The Labute approximate surface area is 114 Å². The van der Waals surface area contributed by atoms with Crippen LogP contribution in [0, 0.1) is 0 Å². The molecule has 0 atom stereocenters. The first-order chi connectivity index (χ1) is 9.20. The molecule has 1 heterocycles. The number of esters is 1. The molecule has 1 aliphatic heterocycles. The van der Waals surface area contributed by atoms with Gasteiger partial charge in [0.25, 0.3) is 0 Å². The Balaban J connectivity index is 1.92. The van der Waals surface area contributed by atoms with Gasteiger partial charge in [0.2, 0.25) is 0 Å². The molecule has 0 aromatic heterocycles. The van der Waals surface area contributed by atoms with E-state index in [1.807, 2.05) is 19.1 Å². The molecule has 19 heavy (non-hydrogen) atoms. The molecule has 1 aliphatic rings. The number of fused-ring (bicyclic) bond motifs is 1. The zero-order valence-electron chi connectivity index (χ0n) is 11.4. The molecule has 0 radical (unpaired) electrons. The van der Waals surface area contributed by atoms with E-state index in [2.05, 4.69) is 4.90 Å². The summed E-state index contributed by atoms with van der Waals surface area (Å²) in [6.45, 7) is 4.08. The lowest BCUT2D eigenvalue weighted by Crippen LogP contribution is -2.30. The maximum absolute atomic E-state index is 11.3. The summed E-state index contributed by atoms with van der Waals surface area (Å²) < 4.78 is 4.92. The van der Waals surface area contributed by atoms with Crippen molar-refractivity contribution in [2.75, 3.05) is 24.6 Å². The number of phenolic OH excluding ortho intramolecular Hbond substituents is 1. The summed E-state index contributed by atoms with van der Waals surface area (Å²) in [5, 5.41) is 9.59. The number of hydrogen-bond donors (Lipinski definition) is 1. The van der Waals surface area contributed by atoms with Crippen molar-refractivity contribution < 1.29 is 14.6 Å². The van der Waals surface area contributed by atoms with E-state index in [-0.39, 0.29) is 5.97 Å². The molecule has 4 heteroatoms. The lowest BCUT2D eigenvalue weighted by molar-refractivity contribution is -0.143. The largest absolute Gasteiger partial charge is 0.508 e. The van der Waals surface area contributed by atoms with Crippen LogP contribution in [0.5, 0.6) is 5.75 Å². The van der Waals surface area contributed by atoms with Crippen LogP contribution in [0.4, 0.5) is 5.69 Å². The minimum Gasteiger partial charge on any atom is -0.508 e. The third-order valence-corrected chi connectivity index (χ3v) is 3.40. The van der Waals surface area contributed by atoms with Gasteiger partial charge < -0.3 is 14.7 Å². The molecule has 1 N–H and O–H groups in total. The van der Waals surface area contributed by atoms with E-state index in [1.54, 1.807) is 6.07 Å². The molecule has 0 amide bonds. The highest BCUT2D eigenvalue weighted by molar-refractivity contribution is 5.69. The van der Waals surface area contributed by atoms with Gasteiger partial charge in [0.1, 0.15) is 5.75 Å². The molecular weight excluding hydrogens is 242 g/mol. The number of benzene rings is 1. The second-order valence-electron chi connectivity index (χ2n) is 4.81. The van der Waals surface area contributed by atoms with Crippen molar-refractivity contribution in [1.82, 2.24) is 0 Å². The van der Waals surface area contributed by atoms with Crippen LogP contribution in [-0.2, 0) is 16.0 Å². The minimum atomic E-state index is -0.129. The van der Waals surface area contributed by atoms with Gasteiger partial charge in [-0.05, 0) is 37.8 Å². The van der Waals surface area contributed by atoms with Crippen molar-refractivity contribution in [2.45, 2.75) is 32.6 Å². The van der Waals surface area contributed by atoms with Crippen LogP contribution >= 0.6 is 0 Å². The predicted octanol–water partition coefficient (Wildman–Crippen LogP) is 2.49. The Bertz CT molecular complexity index is 445. The number of carbonyl (C=O) groups is 1. The fourth-order valence-corrected chi connectivity index (χ4v) is 2.52. The maximum Gasteiger partial charge on any atom is 0.305 e. The molecule has 0 bridgehead atoms. The second-order valence-corrected chi connectivity index (χ2v) is 4.81. The molecule has 2 rings (SSSR count). The van der Waals surface area contributed by atoms with E-state index in [0.29, 0.717) is 18.8 Å². The molecule has 0 fully saturated rings. The predicted molar refractivity (Wildman–Crippen MR) is 74.5 cm³/mol. The Morgan fingerprint density at radius 1 is 1.47 bits per heavy atom. The number of phenols is 1. The van der Waals surface area contributed by atoms with E-state index >= 15 is 0 Å². The first-order valence-corrected chi connectivity index (χ1v) is 6.93. The lowest BCUT2D eigenvalue weighted by Gasteiger charge is -2.31. The number of rotatable bonds is 5. The topological polar surface area (TPSA) is 49.8 Å². The van der Waals surface area contributed by atoms with Gasteiger partial charge in [-0.25, -0.2) is 0 Å². The summed E-state index contributed by atoms with van der Waals surface area (Å²) in [6.07, 6.45) is 3.42. The lowest BCUT2D eigenvalue weighted by atomic mass is 10.0. The van der Waals surface area contributed by atoms with Crippen molar-refractivity contribution in [1.29, 1.82) is 0 Å². The van der Waals surface area contributed by atoms with Gasteiger partial charge >= 0.3 is 5.97 Å². The monoisotopic (exact) mass is 263 g/mol. The Hall–Kier alpha value is -1.71. The van der Waals surface area contributed by atoms with Gasteiger partial charge in [-0.15, -0.1) is 0 Å². The average molecular weight is 263 g/mol. The molecule has 4 nitrogen and oxygen atoms in total. The molecule has 0 aliphatic carbocycles. The summed E-state index contributed by atoms with van der Waals surface area (Å²) in [7, 11) is 0. The number of nitrogens with zero attached hydrogens (tertiary/aromatic N) is 1. The van der Waals surface area contributed by atoms with Gasteiger partial charge in [0.05, 0.1) is 6.61 Å². The molecule has 1 aromatic rings. The van der Waals surface area contributed by atoms with Crippen molar-refractivity contribution in [3.8, 4) is 5.75 Å². The summed E-state index contributed by atoms with van der Waals surface area (Å²) in [4.78, 5) is 13.6. The van der Waals surface area contributed by atoms with Crippen molar-refractivity contribution >= 4 is 11.7 Å². The quantitative estimate of drug-likeness (QED) is 0.829. The summed E-state index contributed by atoms with van der Waals surface area (Å²) >= 11 is 0. The van der Waals surface area contributed by atoms with Crippen LogP contribution in [0.25, 0.3) is 0 Å². The number of ether oxygens (including phenoxy) is 1. The maximum atomic E-state index is 11.3. The summed E-state index contributed by atoms with van der Waals surface area (Å²) in [6, 6.07) is 5.54. The number of aryl methyl sites for hydroxylation is 1. The first-order valence-electron chi connectivity index (χ1n) is 6.93. The molecular formula is C15H21NO3. The molecule has 0 saturated heterocycles.